The van der Waals surface area contributed by atoms with E-state index in [1.807, 2.05) is 23.6 Å². The number of nitrogens with zero attached hydrogens (tertiary/aromatic N) is 1. The third kappa shape index (κ3) is 4.42. The average molecular weight is 399 g/mol. The molecule has 2 aromatic rings. The van der Waals surface area contributed by atoms with Crippen LogP contribution >= 0.6 is 11.3 Å². The molecule has 2 amide bonds. The highest BCUT2D eigenvalue weighted by Crippen LogP contribution is 2.39. The maximum atomic E-state index is 12.6. The lowest BCUT2D eigenvalue weighted by atomic mass is 9.67. The van der Waals surface area contributed by atoms with E-state index in [0.717, 1.165) is 25.7 Å². The van der Waals surface area contributed by atoms with Crippen molar-refractivity contribution in [3.8, 4) is 0 Å². The number of hydrogen-bond donors (Lipinski definition) is 3. The Morgan fingerprint density at radius 3 is 2.57 bits per heavy atom. The zero-order chi connectivity index (χ0) is 19.5. The van der Waals surface area contributed by atoms with Crippen LogP contribution in [0.5, 0.6) is 0 Å². The zero-order valence-corrected chi connectivity index (χ0v) is 16.6. The molecular formula is C21H26N4O2S. The molecule has 2 aliphatic rings. The minimum Gasteiger partial charge on any atom is -0.352 e. The second kappa shape index (κ2) is 8.41. The molecule has 0 radical (unpaired) electrons. The molecule has 2 unspecified atom stereocenters. The Labute approximate surface area is 168 Å². The quantitative estimate of drug-likeness (QED) is 0.721. The van der Waals surface area contributed by atoms with E-state index in [4.69, 9.17) is 5.73 Å². The summed E-state index contributed by atoms with van der Waals surface area (Å²) >= 11 is 1.34. The predicted molar refractivity (Wildman–Crippen MR) is 110 cm³/mol. The van der Waals surface area contributed by atoms with E-state index in [1.54, 1.807) is 12.1 Å². The summed E-state index contributed by atoms with van der Waals surface area (Å²) in [5, 5.41) is 8.38. The Bertz CT molecular complexity index is 824. The lowest BCUT2D eigenvalue weighted by Crippen LogP contribution is -2.54. The van der Waals surface area contributed by atoms with Crippen LogP contribution in [0.25, 0.3) is 0 Å². The molecule has 4 rings (SSSR count). The summed E-state index contributed by atoms with van der Waals surface area (Å²) in [5.74, 6) is 0.811. The number of fused-ring (bicyclic) bond motifs is 2. The number of hydrogen-bond acceptors (Lipinski definition) is 5. The first-order valence-electron chi connectivity index (χ1n) is 9.94. The standard InChI is InChI=1S/C21H26N4O2S/c22-16-9-14-7-4-8-15(10-16)19(14)24-18(26)11-17-12-28-21(23-17)25-20(27)13-5-2-1-3-6-13/h1-3,5-6,12,14-16,19H,4,7-11,22H2,(H,24,26)(H,23,25,27). The van der Waals surface area contributed by atoms with Crippen LogP contribution in [-0.2, 0) is 11.2 Å². The molecule has 1 aromatic heterocycles. The summed E-state index contributed by atoms with van der Waals surface area (Å²) in [6, 6.07) is 9.54. The van der Waals surface area contributed by atoms with Crippen molar-refractivity contribution in [1.29, 1.82) is 0 Å². The molecule has 7 heteroatoms. The molecule has 0 aliphatic heterocycles. The smallest absolute Gasteiger partial charge is 0.257 e. The summed E-state index contributed by atoms with van der Waals surface area (Å²) in [4.78, 5) is 29.2. The van der Waals surface area contributed by atoms with Crippen LogP contribution in [0.1, 0.15) is 48.2 Å². The maximum Gasteiger partial charge on any atom is 0.257 e. The number of rotatable bonds is 5. The van der Waals surface area contributed by atoms with Gasteiger partial charge in [-0.1, -0.05) is 24.6 Å². The normalized spacial score (nSPS) is 26.5. The lowest BCUT2D eigenvalue weighted by molar-refractivity contribution is -0.122. The number of nitrogens with one attached hydrogen (secondary N) is 2. The van der Waals surface area contributed by atoms with Crippen molar-refractivity contribution < 1.29 is 9.59 Å². The third-order valence-electron chi connectivity index (χ3n) is 5.85. The number of amides is 2. The minimum atomic E-state index is -0.197. The summed E-state index contributed by atoms with van der Waals surface area (Å²) < 4.78 is 0. The fourth-order valence-corrected chi connectivity index (χ4v) is 5.34. The van der Waals surface area contributed by atoms with E-state index in [9.17, 15) is 9.59 Å². The van der Waals surface area contributed by atoms with Crippen molar-refractivity contribution >= 4 is 28.3 Å². The number of carbonyl (C=O) groups is 2. The van der Waals surface area contributed by atoms with Gasteiger partial charge in [0.1, 0.15) is 0 Å². The Morgan fingerprint density at radius 1 is 1.14 bits per heavy atom. The Balaban J connectivity index is 1.32. The van der Waals surface area contributed by atoms with E-state index < -0.39 is 0 Å². The number of nitrogens with two attached hydrogens (primary N) is 1. The first-order valence-corrected chi connectivity index (χ1v) is 10.8. The number of thiazole rings is 1. The number of benzene rings is 1. The van der Waals surface area contributed by atoms with Gasteiger partial charge in [0.2, 0.25) is 5.91 Å². The molecule has 2 aliphatic carbocycles. The largest absolute Gasteiger partial charge is 0.352 e. The molecule has 6 nitrogen and oxygen atoms in total. The molecule has 148 valence electrons. The number of anilines is 1. The first-order chi connectivity index (χ1) is 13.6. The van der Waals surface area contributed by atoms with Gasteiger partial charge in [0.15, 0.2) is 5.13 Å². The molecule has 2 atom stereocenters. The van der Waals surface area contributed by atoms with E-state index in [-0.39, 0.29) is 30.3 Å². The van der Waals surface area contributed by atoms with Gasteiger partial charge < -0.3 is 11.1 Å². The van der Waals surface area contributed by atoms with Gasteiger partial charge in [0, 0.05) is 23.0 Å². The van der Waals surface area contributed by atoms with E-state index in [2.05, 4.69) is 15.6 Å². The fraction of sp³-hybridized carbons (Fsp3) is 0.476. The van der Waals surface area contributed by atoms with Gasteiger partial charge in [0.05, 0.1) is 12.1 Å². The topological polar surface area (TPSA) is 97.1 Å². The Morgan fingerprint density at radius 2 is 1.86 bits per heavy atom. The van der Waals surface area contributed by atoms with Crippen LogP contribution in [0.2, 0.25) is 0 Å². The van der Waals surface area contributed by atoms with Crippen molar-refractivity contribution in [3.05, 3.63) is 47.0 Å². The van der Waals surface area contributed by atoms with Gasteiger partial charge in [-0.3, -0.25) is 14.9 Å². The average Bonchev–Trinajstić information content (AvgIpc) is 3.10. The Kier molecular flexibility index (Phi) is 5.73. The van der Waals surface area contributed by atoms with Crippen molar-refractivity contribution in [2.24, 2.45) is 17.6 Å². The summed E-state index contributed by atoms with van der Waals surface area (Å²) in [6.45, 7) is 0. The maximum absolute atomic E-state index is 12.6. The summed E-state index contributed by atoms with van der Waals surface area (Å²) in [6.07, 6.45) is 5.80. The van der Waals surface area contributed by atoms with Crippen molar-refractivity contribution in [2.75, 3.05) is 5.32 Å². The van der Waals surface area contributed by atoms with Gasteiger partial charge in [-0.25, -0.2) is 4.98 Å². The molecule has 2 fully saturated rings. The molecule has 28 heavy (non-hydrogen) atoms. The molecule has 2 saturated carbocycles. The van der Waals surface area contributed by atoms with E-state index in [0.29, 0.717) is 28.2 Å². The zero-order valence-electron chi connectivity index (χ0n) is 15.8. The van der Waals surface area contributed by atoms with E-state index >= 15 is 0 Å². The lowest BCUT2D eigenvalue weighted by Gasteiger charge is -2.45. The van der Waals surface area contributed by atoms with Gasteiger partial charge in [-0.05, 0) is 49.7 Å². The molecule has 1 heterocycles. The number of aromatic nitrogens is 1. The van der Waals surface area contributed by atoms with Crippen LogP contribution in [0.15, 0.2) is 35.7 Å². The predicted octanol–water partition coefficient (Wildman–Crippen LogP) is 2.96. The molecule has 0 saturated heterocycles. The van der Waals surface area contributed by atoms with Crippen molar-refractivity contribution in [3.63, 3.8) is 0 Å². The van der Waals surface area contributed by atoms with Crippen LogP contribution < -0.4 is 16.4 Å². The highest BCUT2D eigenvalue weighted by Gasteiger charge is 2.39. The van der Waals surface area contributed by atoms with Gasteiger partial charge in [0.25, 0.3) is 5.91 Å². The third-order valence-corrected chi connectivity index (χ3v) is 6.66. The fourth-order valence-electron chi connectivity index (χ4n) is 4.63. The van der Waals surface area contributed by atoms with Gasteiger partial charge in [-0.15, -0.1) is 11.3 Å². The molecular weight excluding hydrogens is 372 g/mol. The van der Waals surface area contributed by atoms with Crippen LogP contribution in [0.3, 0.4) is 0 Å². The molecule has 4 N–H and O–H groups in total. The SMILES string of the molecule is NC1CC2CCCC(C1)C2NC(=O)Cc1csc(NC(=O)c2ccccc2)n1. The minimum absolute atomic E-state index is 0.00334. The number of carbonyl (C=O) groups excluding carboxylic acids is 2. The van der Waals surface area contributed by atoms with Crippen LogP contribution in [0.4, 0.5) is 5.13 Å². The van der Waals surface area contributed by atoms with E-state index in [1.165, 1.54) is 17.8 Å². The van der Waals surface area contributed by atoms with Crippen molar-refractivity contribution in [1.82, 2.24) is 10.3 Å². The second-order valence-electron chi connectivity index (χ2n) is 7.92. The highest BCUT2D eigenvalue weighted by molar-refractivity contribution is 7.14. The summed E-state index contributed by atoms with van der Waals surface area (Å²) in [5.41, 5.74) is 7.44. The van der Waals surface area contributed by atoms with Gasteiger partial charge in [-0.2, -0.15) is 0 Å². The molecule has 1 aromatic carbocycles. The highest BCUT2D eigenvalue weighted by atomic mass is 32.1. The van der Waals surface area contributed by atoms with Crippen molar-refractivity contribution in [2.45, 2.75) is 50.6 Å². The van der Waals surface area contributed by atoms with Crippen LogP contribution in [0, 0.1) is 11.8 Å². The second-order valence-corrected chi connectivity index (χ2v) is 8.77. The first kappa shape index (κ1) is 19.1. The van der Waals surface area contributed by atoms with Gasteiger partial charge >= 0.3 is 0 Å². The monoisotopic (exact) mass is 398 g/mol. The van der Waals surface area contributed by atoms with Crippen LogP contribution in [-0.4, -0.2) is 28.9 Å². The summed E-state index contributed by atoms with van der Waals surface area (Å²) in [7, 11) is 0. The Hall–Kier alpha value is -2.25. The molecule has 0 spiro atoms. The molecule has 2 bridgehead atoms.